The van der Waals surface area contributed by atoms with Crippen molar-refractivity contribution < 1.29 is 22.7 Å². The molecule has 52 heavy (non-hydrogen) atoms. The van der Waals surface area contributed by atoms with Crippen molar-refractivity contribution >= 4 is 27.3 Å². The number of hydrogen-bond donors (Lipinski definition) is 3. The minimum Gasteiger partial charge on any atom is -0.465 e. The number of nitrogens with one attached hydrogen (secondary N) is 1. The molecule has 1 amide bonds. The SMILES string of the molecule is CCc1nccn1CC(c1cccc(F)c1)(C1CCN(CC2CN(c3ccc(S(=O)(=O)c4cccc(N)c4)cc3)C2)CC1)[C@H]1CCC[C@@H]1NC(=O)O. The van der Waals surface area contributed by atoms with Crippen LogP contribution in [0.3, 0.4) is 0 Å². The maximum Gasteiger partial charge on any atom is 0.404 e. The van der Waals surface area contributed by atoms with Gasteiger partial charge in [-0.2, -0.15) is 0 Å². The average Bonchev–Trinajstić information content (AvgIpc) is 3.78. The molecule has 1 aliphatic carbocycles. The zero-order valence-corrected chi connectivity index (χ0v) is 30.5. The Hall–Kier alpha value is -4.42. The first kappa shape index (κ1) is 36.0. The van der Waals surface area contributed by atoms with Gasteiger partial charge in [0.1, 0.15) is 11.6 Å². The summed E-state index contributed by atoms with van der Waals surface area (Å²) < 4.78 is 43.5. The molecule has 3 aromatic carbocycles. The zero-order valence-electron chi connectivity index (χ0n) is 29.7. The molecule has 7 rings (SSSR count). The molecular weight excluding hydrogens is 680 g/mol. The molecule has 2 aliphatic heterocycles. The van der Waals surface area contributed by atoms with E-state index in [9.17, 15) is 18.3 Å². The van der Waals surface area contributed by atoms with E-state index in [1.165, 1.54) is 12.1 Å². The number of piperidine rings is 1. The fraction of sp³-hybridized carbons (Fsp3) is 0.450. The number of likely N-dealkylation sites (tertiary alicyclic amines) is 1. The van der Waals surface area contributed by atoms with Gasteiger partial charge >= 0.3 is 6.09 Å². The number of nitrogen functional groups attached to an aromatic ring is 1. The van der Waals surface area contributed by atoms with Crippen LogP contribution in [0.15, 0.2) is 95.0 Å². The normalized spacial score (nSPS) is 21.5. The number of rotatable bonds is 12. The van der Waals surface area contributed by atoms with Gasteiger partial charge in [-0.1, -0.05) is 31.5 Å². The largest absolute Gasteiger partial charge is 0.465 e. The van der Waals surface area contributed by atoms with Crippen LogP contribution >= 0.6 is 0 Å². The third-order valence-corrected chi connectivity index (χ3v) is 13.6. The molecule has 10 nitrogen and oxygen atoms in total. The highest BCUT2D eigenvalue weighted by Crippen LogP contribution is 2.52. The van der Waals surface area contributed by atoms with Crippen LogP contribution in [0.4, 0.5) is 20.6 Å². The molecule has 1 aromatic heterocycles. The van der Waals surface area contributed by atoms with E-state index < -0.39 is 21.3 Å². The molecule has 3 heterocycles. The molecule has 1 unspecified atom stereocenters. The Morgan fingerprint density at radius 1 is 1.00 bits per heavy atom. The van der Waals surface area contributed by atoms with Gasteiger partial charge in [-0.3, -0.25) is 0 Å². The molecule has 4 aromatic rings. The van der Waals surface area contributed by atoms with Crippen molar-refractivity contribution in [3.05, 3.63) is 102 Å². The lowest BCUT2D eigenvalue weighted by atomic mass is 9.58. The lowest BCUT2D eigenvalue weighted by molar-refractivity contribution is 0.0548. The highest BCUT2D eigenvalue weighted by molar-refractivity contribution is 7.91. The van der Waals surface area contributed by atoms with Gasteiger partial charge in [0.05, 0.1) is 9.79 Å². The third kappa shape index (κ3) is 7.15. The van der Waals surface area contributed by atoms with E-state index in [1.807, 2.05) is 24.5 Å². The predicted octanol–water partition coefficient (Wildman–Crippen LogP) is 6.22. The number of nitrogens with zero attached hydrogens (tertiary/aromatic N) is 4. The number of nitrogens with two attached hydrogens (primary N) is 1. The quantitative estimate of drug-likeness (QED) is 0.147. The average molecular weight is 729 g/mol. The smallest absolute Gasteiger partial charge is 0.404 e. The number of imidazole rings is 1. The van der Waals surface area contributed by atoms with Crippen LogP contribution in [0.1, 0.15) is 50.4 Å². The fourth-order valence-electron chi connectivity index (χ4n) is 9.40. The van der Waals surface area contributed by atoms with Crippen molar-refractivity contribution in [1.82, 2.24) is 19.8 Å². The fourth-order valence-corrected chi connectivity index (χ4v) is 10.7. The van der Waals surface area contributed by atoms with Gasteiger partial charge in [0, 0.05) is 73.7 Å². The maximum absolute atomic E-state index is 15.1. The van der Waals surface area contributed by atoms with E-state index in [0.29, 0.717) is 18.2 Å². The molecule has 0 radical (unpaired) electrons. The summed E-state index contributed by atoms with van der Waals surface area (Å²) in [6.07, 6.45) is 8.06. The predicted molar refractivity (Wildman–Crippen MR) is 200 cm³/mol. The lowest BCUT2D eigenvalue weighted by Gasteiger charge is -2.51. The van der Waals surface area contributed by atoms with Crippen molar-refractivity contribution in [1.29, 1.82) is 0 Å². The topological polar surface area (TPSA) is 134 Å². The number of benzene rings is 3. The highest BCUT2D eigenvalue weighted by Gasteiger charge is 2.52. The Kier molecular flexibility index (Phi) is 10.3. The minimum absolute atomic E-state index is 0.0152. The van der Waals surface area contributed by atoms with Gasteiger partial charge in [0.25, 0.3) is 0 Å². The first-order valence-corrected chi connectivity index (χ1v) is 20.0. The van der Waals surface area contributed by atoms with E-state index in [4.69, 9.17) is 5.73 Å². The monoisotopic (exact) mass is 728 g/mol. The molecule has 3 aliphatic rings. The number of aromatic nitrogens is 2. The van der Waals surface area contributed by atoms with Crippen LogP contribution in [0.2, 0.25) is 0 Å². The number of halogens is 1. The molecule has 276 valence electrons. The van der Waals surface area contributed by atoms with Gasteiger partial charge in [-0.25, -0.2) is 22.6 Å². The Morgan fingerprint density at radius 2 is 1.75 bits per heavy atom. The molecule has 2 saturated heterocycles. The van der Waals surface area contributed by atoms with E-state index >= 15 is 4.39 Å². The number of anilines is 2. The maximum atomic E-state index is 15.1. The summed E-state index contributed by atoms with van der Waals surface area (Å²) in [7, 11) is -3.65. The molecule has 0 spiro atoms. The minimum atomic E-state index is -3.65. The molecule has 4 N–H and O–H groups in total. The lowest BCUT2D eigenvalue weighted by Crippen LogP contribution is -2.56. The van der Waals surface area contributed by atoms with Crippen LogP contribution in [0.25, 0.3) is 0 Å². The second kappa shape index (κ2) is 14.9. The Morgan fingerprint density at radius 3 is 2.44 bits per heavy atom. The van der Waals surface area contributed by atoms with Crippen LogP contribution in [-0.4, -0.2) is 72.8 Å². The summed E-state index contributed by atoms with van der Waals surface area (Å²) in [6.45, 7) is 7.34. The molecule has 0 bridgehead atoms. The van der Waals surface area contributed by atoms with Gasteiger partial charge in [-0.05, 0) is 111 Å². The zero-order chi connectivity index (χ0) is 36.5. The van der Waals surface area contributed by atoms with Gasteiger partial charge in [0.2, 0.25) is 9.84 Å². The van der Waals surface area contributed by atoms with Gasteiger partial charge < -0.3 is 30.5 Å². The van der Waals surface area contributed by atoms with Gasteiger partial charge in [0.15, 0.2) is 0 Å². The molecule has 3 fully saturated rings. The summed E-state index contributed by atoms with van der Waals surface area (Å²) in [4.78, 5) is 21.9. The van der Waals surface area contributed by atoms with Gasteiger partial charge in [-0.15, -0.1) is 0 Å². The van der Waals surface area contributed by atoms with Crippen molar-refractivity contribution in [2.24, 2.45) is 17.8 Å². The van der Waals surface area contributed by atoms with E-state index in [2.05, 4.69) is 37.7 Å². The summed E-state index contributed by atoms with van der Waals surface area (Å²) in [5.74, 6) is 1.44. The second-order valence-corrected chi connectivity index (χ2v) is 16.8. The van der Waals surface area contributed by atoms with Crippen molar-refractivity contribution in [2.75, 3.05) is 43.4 Å². The summed E-state index contributed by atoms with van der Waals surface area (Å²) in [5.41, 5.74) is 7.71. The third-order valence-electron chi connectivity index (χ3n) is 11.9. The Bertz CT molecular complexity index is 1970. The summed E-state index contributed by atoms with van der Waals surface area (Å²) in [5, 5.41) is 12.7. The van der Waals surface area contributed by atoms with Crippen LogP contribution in [0.5, 0.6) is 0 Å². The first-order chi connectivity index (χ1) is 25.1. The van der Waals surface area contributed by atoms with Crippen LogP contribution < -0.4 is 16.0 Å². The Labute approximate surface area is 305 Å². The van der Waals surface area contributed by atoms with Crippen LogP contribution in [0, 0.1) is 23.6 Å². The highest BCUT2D eigenvalue weighted by atomic mass is 32.2. The number of hydrogen-bond acceptors (Lipinski definition) is 7. The van der Waals surface area contributed by atoms with Crippen LogP contribution in [-0.2, 0) is 28.2 Å². The van der Waals surface area contributed by atoms with Crippen molar-refractivity contribution in [3.8, 4) is 0 Å². The molecule has 12 heteroatoms. The molecule has 3 atom stereocenters. The number of amides is 1. The first-order valence-electron chi connectivity index (χ1n) is 18.5. The van der Waals surface area contributed by atoms with Crippen molar-refractivity contribution in [3.63, 3.8) is 0 Å². The summed E-state index contributed by atoms with van der Waals surface area (Å²) >= 11 is 0. The number of sulfone groups is 1. The van der Waals surface area contributed by atoms with E-state index in [0.717, 1.165) is 88.3 Å². The van der Waals surface area contributed by atoms with E-state index in [1.54, 1.807) is 42.5 Å². The molecule has 1 saturated carbocycles. The van der Waals surface area contributed by atoms with Crippen molar-refractivity contribution in [2.45, 2.75) is 73.2 Å². The summed E-state index contributed by atoms with van der Waals surface area (Å²) in [6, 6.07) is 20.3. The Balaban J connectivity index is 1.05. The number of carbonyl (C=O) groups is 1. The van der Waals surface area contributed by atoms with E-state index in [-0.39, 0.29) is 33.5 Å². The standard InChI is InChI=1S/C40H49FN6O4S/c1-2-38-43-18-21-46(38)27-40(30-6-3-7-31(41)22-30,36-10-5-11-37(36)44-39(48)49)29-16-19-45(20-17-29)24-28-25-47(26-28)33-12-14-34(15-13-33)52(50,51)35-9-4-8-32(42)23-35/h3-4,6-9,12-15,18,21-23,28-29,36-37,44H,2,5,10-11,16-17,19-20,24-27,42H2,1H3,(H,48,49)/t36-,37-,40?/m0/s1. The second-order valence-electron chi connectivity index (χ2n) is 14.9. The molecular formula is C40H49FN6O4S. The number of carboxylic acid groups (broad SMARTS) is 1. The number of aryl methyl sites for hydroxylation is 1.